The van der Waals surface area contributed by atoms with Crippen molar-refractivity contribution in [1.82, 2.24) is 15.1 Å². The maximum atomic E-state index is 5.00. The molecule has 0 spiro atoms. The summed E-state index contributed by atoms with van der Waals surface area (Å²) in [4.78, 5) is 10.2. The minimum atomic E-state index is 0.478. The van der Waals surface area contributed by atoms with Gasteiger partial charge in [-0.2, -0.15) is 0 Å². The predicted octanol–water partition coefficient (Wildman–Crippen LogP) is 2.56. The van der Waals surface area contributed by atoms with Crippen molar-refractivity contribution in [2.45, 2.75) is 58.9 Å². The minimum Gasteiger partial charge on any atom is -0.357 e. The third-order valence-corrected chi connectivity index (χ3v) is 5.93. The fourth-order valence-electron chi connectivity index (χ4n) is 3.92. The second-order valence-electron chi connectivity index (χ2n) is 7.91. The molecule has 1 aliphatic carbocycles. The number of guanidine groups is 1. The van der Waals surface area contributed by atoms with Gasteiger partial charge >= 0.3 is 0 Å². The van der Waals surface area contributed by atoms with Crippen LogP contribution in [0.3, 0.4) is 0 Å². The highest BCUT2D eigenvalue weighted by Crippen LogP contribution is 2.33. The summed E-state index contributed by atoms with van der Waals surface area (Å²) >= 11 is 0. The molecule has 3 rings (SSSR count). The van der Waals surface area contributed by atoms with Crippen molar-refractivity contribution < 1.29 is 0 Å². The Kier molecular flexibility index (Phi) is 4.96. The summed E-state index contributed by atoms with van der Waals surface area (Å²) in [6.45, 7) is 13.8. The third kappa shape index (κ3) is 3.76. The lowest BCUT2D eigenvalue weighted by molar-refractivity contribution is 0.314. The largest absolute Gasteiger partial charge is 0.357 e. The maximum absolute atomic E-state index is 5.00. The second kappa shape index (κ2) is 6.77. The van der Waals surface area contributed by atoms with Gasteiger partial charge in [0.05, 0.1) is 0 Å². The molecule has 2 atom stereocenters. The van der Waals surface area contributed by atoms with E-state index in [4.69, 9.17) is 4.99 Å². The van der Waals surface area contributed by atoms with Gasteiger partial charge in [0.15, 0.2) is 5.96 Å². The van der Waals surface area contributed by atoms with Crippen LogP contribution in [0.5, 0.6) is 0 Å². The van der Waals surface area contributed by atoms with E-state index in [2.05, 4.69) is 35.9 Å². The van der Waals surface area contributed by atoms with Crippen LogP contribution >= 0.6 is 0 Å². The molecule has 4 heteroatoms. The van der Waals surface area contributed by atoms with Gasteiger partial charge < -0.3 is 15.1 Å². The van der Waals surface area contributed by atoms with Gasteiger partial charge in [-0.3, -0.25) is 4.99 Å². The lowest BCUT2D eigenvalue weighted by atomic mass is 9.87. The first-order valence-corrected chi connectivity index (χ1v) is 9.41. The van der Waals surface area contributed by atoms with Crippen LogP contribution < -0.4 is 5.32 Å². The Hall–Kier alpha value is -0.770. The van der Waals surface area contributed by atoms with Gasteiger partial charge in [-0.05, 0) is 56.9 Å². The molecule has 2 aliphatic heterocycles. The van der Waals surface area contributed by atoms with Crippen molar-refractivity contribution in [2.75, 3.05) is 39.3 Å². The van der Waals surface area contributed by atoms with Gasteiger partial charge in [0.2, 0.25) is 0 Å². The molecule has 1 saturated carbocycles. The summed E-state index contributed by atoms with van der Waals surface area (Å²) < 4.78 is 0. The average Bonchev–Trinajstić information content (AvgIpc) is 3.13. The van der Waals surface area contributed by atoms with E-state index in [0.29, 0.717) is 5.41 Å². The van der Waals surface area contributed by atoms with Gasteiger partial charge in [0.25, 0.3) is 0 Å². The van der Waals surface area contributed by atoms with Gasteiger partial charge in [0, 0.05) is 38.8 Å². The second-order valence-corrected chi connectivity index (χ2v) is 7.91. The first-order chi connectivity index (χ1) is 10.6. The number of likely N-dealkylation sites (tertiary alicyclic amines) is 2. The molecule has 0 aromatic rings. The van der Waals surface area contributed by atoms with E-state index in [-0.39, 0.29) is 0 Å². The smallest absolute Gasteiger partial charge is 0.193 e. The molecule has 3 aliphatic rings. The van der Waals surface area contributed by atoms with E-state index in [1.807, 2.05) is 0 Å². The van der Waals surface area contributed by atoms with Crippen molar-refractivity contribution in [3.63, 3.8) is 0 Å². The number of nitrogens with one attached hydrogen (secondary N) is 1. The van der Waals surface area contributed by atoms with Crippen molar-refractivity contribution in [3.8, 4) is 0 Å². The highest BCUT2D eigenvalue weighted by Gasteiger charge is 2.35. The minimum absolute atomic E-state index is 0.478. The van der Waals surface area contributed by atoms with Crippen LogP contribution in [-0.2, 0) is 0 Å². The summed E-state index contributed by atoms with van der Waals surface area (Å²) in [6.07, 6.45) is 6.77. The van der Waals surface area contributed by atoms with Crippen LogP contribution in [0.15, 0.2) is 4.99 Å². The zero-order valence-corrected chi connectivity index (χ0v) is 14.8. The molecule has 4 nitrogen and oxygen atoms in total. The van der Waals surface area contributed by atoms with Gasteiger partial charge in [-0.25, -0.2) is 0 Å². The number of aliphatic imine (C=N–C) groups is 1. The van der Waals surface area contributed by atoms with E-state index in [9.17, 15) is 0 Å². The molecule has 2 saturated heterocycles. The zero-order valence-electron chi connectivity index (χ0n) is 14.8. The van der Waals surface area contributed by atoms with Gasteiger partial charge in [-0.15, -0.1) is 0 Å². The van der Waals surface area contributed by atoms with E-state index < -0.39 is 0 Å². The summed E-state index contributed by atoms with van der Waals surface area (Å²) in [5.74, 6) is 1.93. The summed E-state index contributed by atoms with van der Waals surface area (Å²) in [7, 11) is 0. The zero-order chi connectivity index (χ0) is 15.6. The van der Waals surface area contributed by atoms with Crippen LogP contribution in [-0.4, -0.2) is 61.1 Å². The Labute approximate surface area is 136 Å². The Bertz CT molecular complexity index is 404. The molecule has 2 heterocycles. The average molecular weight is 306 g/mol. The Morgan fingerprint density at radius 2 is 2.05 bits per heavy atom. The molecule has 0 amide bonds. The number of rotatable bonds is 5. The van der Waals surface area contributed by atoms with Gasteiger partial charge in [0.1, 0.15) is 0 Å². The SMILES string of the molecule is CCNC(=NCC1CCN(C2CC2)C1)N1CCC(C)(CC)C1. The van der Waals surface area contributed by atoms with Crippen LogP contribution in [0.4, 0.5) is 0 Å². The number of hydrogen-bond acceptors (Lipinski definition) is 2. The first kappa shape index (κ1) is 16.1. The van der Waals surface area contributed by atoms with Crippen LogP contribution in [0.25, 0.3) is 0 Å². The molecule has 0 aromatic heterocycles. The highest BCUT2D eigenvalue weighted by molar-refractivity contribution is 5.80. The summed E-state index contributed by atoms with van der Waals surface area (Å²) in [5, 5.41) is 3.52. The van der Waals surface area contributed by atoms with Gasteiger partial charge in [-0.1, -0.05) is 13.8 Å². The Balaban J connectivity index is 1.54. The predicted molar refractivity (Wildman–Crippen MR) is 93.3 cm³/mol. The van der Waals surface area contributed by atoms with Crippen LogP contribution in [0.1, 0.15) is 52.9 Å². The van der Waals surface area contributed by atoms with E-state index >= 15 is 0 Å². The molecule has 22 heavy (non-hydrogen) atoms. The molecule has 3 fully saturated rings. The topological polar surface area (TPSA) is 30.9 Å². The molecule has 126 valence electrons. The molecule has 1 N–H and O–H groups in total. The Morgan fingerprint density at radius 3 is 2.68 bits per heavy atom. The molecule has 2 unspecified atom stereocenters. The third-order valence-electron chi connectivity index (χ3n) is 5.93. The molecule has 0 radical (unpaired) electrons. The van der Waals surface area contributed by atoms with Crippen molar-refractivity contribution in [1.29, 1.82) is 0 Å². The lowest BCUT2D eigenvalue weighted by Gasteiger charge is -2.25. The number of hydrogen-bond donors (Lipinski definition) is 1. The molecular weight excluding hydrogens is 272 g/mol. The van der Waals surface area contributed by atoms with Crippen molar-refractivity contribution >= 4 is 5.96 Å². The normalized spacial score (nSPS) is 33.7. The quantitative estimate of drug-likeness (QED) is 0.625. The van der Waals surface area contributed by atoms with E-state index in [0.717, 1.165) is 44.1 Å². The van der Waals surface area contributed by atoms with E-state index in [1.165, 1.54) is 45.2 Å². The summed E-state index contributed by atoms with van der Waals surface area (Å²) in [6, 6.07) is 0.922. The molecule has 0 bridgehead atoms. The number of nitrogens with zero attached hydrogens (tertiary/aromatic N) is 3. The highest BCUT2D eigenvalue weighted by atomic mass is 15.3. The Morgan fingerprint density at radius 1 is 1.23 bits per heavy atom. The standard InChI is InChI=1S/C18H34N4/c1-4-18(3)9-11-22(14-18)17(19-5-2)20-12-15-8-10-21(13-15)16-6-7-16/h15-16H,4-14H2,1-3H3,(H,19,20). The van der Waals surface area contributed by atoms with E-state index in [1.54, 1.807) is 0 Å². The van der Waals surface area contributed by atoms with Crippen LogP contribution in [0, 0.1) is 11.3 Å². The van der Waals surface area contributed by atoms with Crippen molar-refractivity contribution in [2.24, 2.45) is 16.3 Å². The first-order valence-electron chi connectivity index (χ1n) is 9.41. The summed E-state index contributed by atoms with van der Waals surface area (Å²) in [5.41, 5.74) is 0.478. The van der Waals surface area contributed by atoms with Crippen LogP contribution in [0.2, 0.25) is 0 Å². The lowest BCUT2D eigenvalue weighted by Crippen LogP contribution is -2.41. The fraction of sp³-hybridized carbons (Fsp3) is 0.944. The maximum Gasteiger partial charge on any atom is 0.193 e. The monoisotopic (exact) mass is 306 g/mol. The fourth-order valence-corrected chi connectivity index (χ4v) is 3.92. The van der Waals surface area contributed by atoms with Crippen molar-refractivity contribution in [3.05, 3.63) is 0 Å². The molecular formula is C18H34N4. The molecule has 0 aromatic carbocycles.